The number of nitrogens with one attached hydrogen (secondary N) is 1. The molecule has 23 heavy (non-hydrogen) atoms. The van der Waals surface area contributed by atoms with Gasteiger partial charge in [0.2, 0.25) is 0 Å². The summed E-state index contributed by atoms with van der Waals surface area (Å²) in [7, 11) is 0. The van der Waals surface area contributed by atoms with Gasteiger partial charge in [-0.2, -0.15) is 0 Å². The van der Waals surface area contributed by atoms with Gasteiger partial charge in [-0.3, -0.25) is 14.9 Å². The molecule has 2 aliphatic rings. The molecule has 124 valence electrons. The highest BCUT2D eigenvalue weighted by Crippen LogP contribution is 2.30. The minimum atomic E-state index is -0.423. The van der Waals surface area contributed by atoms with Crippen LogP contribution in [0.3, 0.4) is 0 Å². The molecule has 0 unspecified atom stereocenters. The largest absolute Gasteiger partial charge is 0.378 e. The minimum absolute atomic E-state index is 0.0315. The maximum atomic E-state index is 12.5. The normalized spacial score (nSPS) is 18.9. The van der Waals surface area contributed by atoms with E-state index in [-0.39, 0.29) is 17.6 Å². The van der Waals surface area contributed by atoms with Gasteiger partial charge in [0.15, 0.2) is 0 Å². The lowest BCUT2D eigenvalue weighted by atomic mass is 10.1. The van der Waals surface area contributed by atoms with Crippen LogP contribution in [0, 0.1) is 10.1 Å². The predicted octanol–water partition coefficient (Wildman–Crippen LogP) is 2.42. The van der Waals surface area contributed by atoms with Crippen LogP contribution >= 0.6 is 0 Å². The average Bonchev–Trinajstić information content (AvgIpc) is 3.08. The molecule has 0 radical (unpaired) electrons. The van der Waals surface area contributed by atoms with E-state index in [0.29, 0.717) is 37.6 Å². The Hall–Kier alpha value is -2.15. The van der Waals surface area contributed by atoms with E-state index < -0.39 is 4.92 Å². The number of hydrogen-bond donors (Lipinski definition) is 1. The molecule has 7 heteroatoms. The SMILES string of the molecule is O=C(c1ccc(NC2CCCC2)c([N+](=O)[O-])c1)N1CCOCC1. The number of carbonyl (C=O) groups excluding carboxylic acids is 1. The van der Waals surface area contributed by atoms with Crippen molar-refractivity contribution in [3.05, 3.63) is 33.9 Å². The molecule has 1 N–H and O–H groups in total. The number of amides is 1. The van der Waals surface area contributed by atoms with E-state index in [1.54, 1.807) is 17.0 Å². The first-order valence-electron chi connectivity index (χ1n) is 8.07. The Morgan fingerprint density at radius 1 is 1.26 bits per heavy atom. The van der Waals surface area contributed by atoms with Gasteiger partial charge >= 0.3 is 0 Å². The number of benzene rings is 1. The van der Waals surface area contributed by atoms with E-state index in [0.717, 1.165) is 25.7 Å². The van der Waals surface area contributed by atoms with Crippen LogP contribution in [0.1, 0.15) is 36.0 Å². The van der Waals surface area contributed by atoms with Crippen molar-refractivity contribution >= 4 is 17.3 Å². The van der Waals surface area contributed by atoms with E-state index in [9.17, 15) is 14.9 Å². The highest BCUT2D eigenvalue weighted by molar-refractivity contribution is 5.95. The zero-order valence-corrected chi connectivity index (χ0v) is 13.0. The van der Waals surface area contributed by atoms with Gasteiger partial charge < -0.3 is 15.0 Å². The molecule has 1 saturated carbocycles. The third kappa shape index (κ3) is 3.61. The Bertz CT molecular complexity index is 593. The van der Waals surface area contributed by atoms with E-state index in [1.165, 1.54) is 6.07 Å². The monoisotopic (exact) mass is 319 g/mol. The maximum absolute atomic E-state index is 12.5. The van der Waals surface area contributed by atoms with Gasteiger partial charge in [0.1, 0.15) is 5.69 Å². The fourth-order valence-electron chi connectivity index (χ4n) is 3.18. The first-order chi connectivity index (χ1) is 11.1. The van der Waals surface area contributed by atoms with Crippen LogP contribution in [0.2, 0.25) is 0 Å². The summed E-state index contributed by atoms with van der Waals surface area (Å²) >= 11 is 0. The van der Waals surface area contributed by atoms with Crippen molar-refractivity contribution in [3.63, 3.8) is 0 Å². The number of rotatable bonds is 4. The van der Waals surface area contributed by atoms with Crippen molar-refractivity contribution in [2.75, 3.05) is 31.6 Å². The quantitative estimate of drug-likeness (QED) is 0.680. The van der Waals surface area contributed by atoms with Gasteiger partial charge in [-0.05, 0) is 25.0 Å². The molecular weight excluding hydrogens is 298 g/mol. The van der Waals surface area contributed by atoms with Crippen LogP contribution in [0.5, 0.6) is 0 Å². The van der Waals surface area contributed by atoms with Gasteiger partial charge in [0.05, 0.1) is 18.1 Å². The number of nitro groups is 1. The third-order valence-corrected chi connectivity index (χ3v) is 4.45. The van der Waals surface area contributed by atoms with Gasteiger partial charge in [0.25, 0.3) is 11.6 Å². The lowest BCUT2D eigenvalue weighted by Gasteiger charge is -2.27. The summed E-state index contributed by atoms with van der Waals surface area (Å²) in [6.45, 7) is 2.06. The van der Waals surface area contributed by atoms with Crippen molar-refractivity contribution in [1.82, 2.24) is 4.90 Å². The van der Waals surface area contributed by atoms with E-state index >= 15 is 0 Å². The molecule has 0 bridgehead atoms. The maximum Gasteiger partial charge on any atom is 0.293 e. The standard InChI is InChI=1S/C16H21N3O4/c20-16(18-7-9-23-10-8-18)12-5-6-14(15(11-12)19(21)22)17-13-3-1-2-4-13/h5-6,11,13,17H,1-4,7-10H2. The number of hydrogen-bond acceptors (Lipinski definition) is 5. The third-order valence-electron chi connectivity index (χ3n) is 4.45. The first kappa shape index (κ1) is 15.7. The van der Waals surface area contributed by atoms with Crippen LogP contribution < -0.4 is 5.32 Å². The summed E-state index contributed by atoms with van der Waals surface area (Å²) in [6, 6.07) is 5.00. The van der Waals surface area contributed by atoms with Crippen LogP contribution in [-0.2, 0) is 4.74 Å². The van der Waals surface area contributed by atoms with E-state index in [4.69, 9.17) is 4.74 Å². The van der Waals surface area contributed by atoms with Crippen molar-refractivity contribution in [1.29, 1.82) is 0 Å². The summed E-state index contributed by atoms with van der Waals surface area (Å²) in [6.07, 6.45) is 4.37. The van der Waals surface area contributed by atoms with E-state index in [2.05, 4.69) is 5.32 Å². The van der Waals surface area contributed by atoms with Gasteiger partial charge in [-0.1, -0.05) is 12.8 Å². The van der Waals surface area contributed by atoms with Crippen molar-refractivity contribution in [3.8, 4) is 0 Å². The molecule has 2 fully saturated rings. The molecular formula is C16H21N3O4. The number of carbonyl (C=O) groups is 1. The van der Waals surface area contributed by atoms with Crippen LogP contribution in [-0.4, -0.2) is 48.1 Å². The zero-order chi connectivity index (χ0) is 16.2. The fraction of sp³-hybridized carbons (Fsp3) is 0.562. The Balaban J connectivity index is 1.80. The van der Waals surface area contributed by atoms with Crippen LogP contribution in [0.15, 0.2) is 18.2 Å². The second kappa shape index (κ2) is 6.95. The lowest BCUT2D eigenvalue weighted by molar-refractivity contribution is -0.384. The van der Waals surface area contributed by atoms with Crippen molar-refractivity contribution in [2.45, 2.75) is 31.7 Å². The molecule has 1 heterocycles. The molecule has 3 rings (SSSR count). The zero-order valence-electron chi connectivity index (χ0n) is 13.0. The fourth-order valence-corrected chi connectivity index (χ4v) is 3.18. The summed E-state index contributed by atoms with van der Waals surface area (Å²) in [5.41, 5.74) is 0.826. The molecule has 1 aromatic rings. The number of morpholine rings is 1. The number of nitro benzene ring substituents is 1. The number of ether oxygens (including phenoxy) is 1. The minimum Gasteiger partial charge on any atom is -0.378 e. The summed E-state index contributed by atoms with van der Waals surface area (Å²) < 4.78 is 5.23. The summed E-state index contributed by atoms with van der Waals surface area (Å²) in [5.74, 6) is -0.177. The molecule has 1 aliphatic heterocycles. The second-order valence-corrected chi connectivity index (χ2v) is 6.02. The molecule has 0 aromatic heterocycles. The summed E-state index contributed by atoms with van der Waals surface area (Å²) in [4.78, 5) is 25.1. The van der Waals surface area contributed by atoms with Crippen molar-refractivity contribution in [2.24, 2.45) is 0 Å². The highest BCUT2D eigenvalue weighted by atomic mass is 16.6. The topological polar surface area (TPSA) is 84.7 Å². The van der Waals surface area contributed by atoms with Crippen LogP contribution in [0.4, 0.5) is 11.4 Å². The predicted molar refractivity (Wildman–Crippen MR) is 85.7 cm³/mol. The molecule has 1 aliphatic carbocycles. The molecule has 0 spiro atoms. The van der Waals surface area contributed by atoms with Gasteiger partial charge in [-0.25, -0.2) is 0 Å². The molecule has 1 aromatic carbocycles. The Labute approximate surface area is 134 Å². The summed E-state index contributed by atoms with van der Waals surface area (Å²) in [5, 5.41) is 14.6. The Kier molecular flexibility index (Phi) is 4.76. The van der Waals surface area contributed by atoms with Gasteiger partial charge in [-0.15, -0.1) is 0 Å². The smallest absolute Gasteiger partial charge is 0.293 e. The van der Waals surface area contributed by atoms with E-state index in [1.807, 2.05) is 0 Å². The molecule has 0 atom stereocenters. The number of nitrogens with zero attached hydrogens (tertiary/aromatic N) is 2. The Morgan fingerprint density at radius 3 is 2.61 bits per heavy atom. The van der Waals surface area contributed by atoms with Gasteiger partial charge in [0, 0.05) is 30.8 Å². The lowest BCUT2D eigenvalue weighted by Crippen LogP contribution is -2.40. The second-order valence-electron chi connectivity index (χ2n) is 6.02. The Morgan fingerprint density at radius 2 is 1.96 bits per heavy atom. The molecule has 1 saturated heterocycles. The first-order valence-corrected chi connectivity index (χ1v) is 8.07. The molecule has 7 nitrogen and oxygen atoms in total. The highest BCUT2D eigenvalue weighted by Gasteiger charge is 2.24. The van der Waals surface area contributed by atoms with Crippen LogP contribution in [0.25, 0.3) is 0 Å². The van der Waals surface area contributed by atoms with Crippen molar-refractivity contribution < 1.29 is 14.5 Å². The molecule has 1 amide bonds. The average molecular weight is 319 g/mol. The number of anilines is 1.